The average molecular weight is 257 g/mol. The summed E-state index contributed by atoms with van der Waals surface area (Å²) in [5, 5.41) is 14.1. The average Bonchev–Trinajstić information content (AvgIpc) is 2.75. The minimum Gasteiger partial charge on any atom is -0.388 e. The maximum atomic E-state index is 12.8. The van der Waals surface area contributed by atoms with Crippen molar-refractivity contribution in [2.75, 3.05) is 0 Å². The molecule has 0 aliphatic heterocycles. The van der Waals surface area contributed by atoms with Crippen LogP contribution in [0.4, 0.5) is 4.39 Å². The van der Waals surface area contributed by atoms with Crippen molar-refractivity contribution < 1.29 is 9.50 Å². The van der Waals surface area contributed by atoms with Crippen molar-refractivity contribution in [1.82, 2.24) is 0 Å². The maximum absolute atomic E-state index is 12.8. The van der Waals surface area contributed by atoms with E-state index in [0.29, 0.717) is 11.4 Å². The van der Waals surface area contributed by atoms with Crippen LogP contribution in [0.15, 0.2) is 35.0 Å². The van der Waals surface area contributed by atoms with Gasteiger partial charge >= 0.3 is 0 Å². The number of benzene rings is 1. The van der Waals surface area contributed by atoms with E-state index in [1.165, 1.54) is 23.5 Å². The summed E-state index contributed by atoms with van der Waals surface area (Å²) in [5.74, 6) is -0.362. The summed E-state index contributed by atoms with van der Waals surface area (Å²) in [6.07, 6.45) is -0.190. The lowest BCUT2D eigenvalue weighted by Gasteiger charge is -2.10. The number of thiophene rings is 1. The fourth-order valence-electron chi connectivity index (χ4n) is 1.48. The molecule has 1 aromatic carbocycles. The van der Waals surface area contributed by atoms with Gasteiger partial charge in [0, 0.05) is 11.4 Å². The van der Waals surface area contributed by atoms with E-state index in [0.717, 1.165) is 11.1 Å². The zero-order valence-corrected chi connectivity index (χ0v) is 9.93. The number of rotatable bonds is 3. The Morgan fingerprint density at radius 3 is 2.81 bits per heavy atom. The molecule has 0 aliphatic rings. The molecule has 2 aromatic rings. The first-order valence-electron chi connectivity index (χ1n) is 4.81. The molecule has 1 atom stereocenters. The zero-order valence-electron chi connectivity index (χ0n) is 8.36. The van der Waals surface area contributed by atoms with Gasteiger partial charge in [0.2, 0.25) is 0 Å². The zero-order chi connectivity index (χ0) is 11.5. The second-order valence-corrected chi connectivity index (χ2v) is 4.70. The molecule has 0 saturated heterocycles. The van der Waals surface area contributed by atoms with Gasteiger partial charge in [-0.15, -0.1) is 0 Å². The molecule has 1 unspecified atom stereocenters. The molecule has 1 nitrogen and oxygen atoms in total. The van der Waals surface area contributed by atoms with Crippen LogP contribution in [0.3, 0.4) is 0 Å². The van der Waals surface area contributed by atoms with Crippen molar-refractivity contribution in [2.24, 2.45) is 0 Å². The van der Waals surface area contributed by atoms with E-state index in [1.54, 1.807) is 6.07 Å². The Morgan fingerprint density at radius 1 is 1.38 bits per heavy atom. The molecular formula is C12H10ClFOS. The molecule has 84 valence electrons. The van der Waals surface area contributed by atoms with Gasteiger partial charge < -0.3 is 5.11 Å². The van der Waals surface area contributed by atoms with Gasteiger partial charge in [-0.3, -0.25) is 0 Å². The molecule has 2 rings (SSSR count). The smallest absolute Gasteiger partial charge is 0.124 e. The van der Waals surface area contributed by atoms with Crippen LogP contribution in [0.25, 0.3) is 0 Å². The lowest BCUT2D eigenvalue weighted by atomic mass is 10.0. The molecule has 0 aliphatic carbocycles. The number of aliphatic hydroxyl groups is 1. The third-order valence-electron chi connectivity index (χ3n) is 2.36. The Morgan fingerprint density at radius 2 is 2.19 bits per heavy atom. The van der Waals surface area contributed by atoms with Crippen LogP contribution in [-0.4, -0.2) is 5.11 Å². The highest BCUT2D eigenvalue weighted by Gasteiger charge is 2.11. The topological polar surface area (TPSA) is 20.2 Å². The Kier molecular flexibility index (Phi) is 3.59. The van der Waals surface area contributed by atoms with Gasteiger partial charge in [-0.1, -0.05) is 17.7 Å². The molecular weight excluding hydrogens is 247 g/mol. The van der Waals surface area contributed by atoms with Crippen molar-refractivity contribution >= 4 is 22.9 Å². The lowest BCUT2D eigenvalue weighted by Crippen LogP contribution is -2.01. The van der Waals surface area contributed by atoms with E-state index in [1.807, 2.05) is 16.8 Å². The second-order valence-electron chi connectivity index (χ2n) is 3.51. The van der Waals surface area contributed by atoms with Gasteiger partial charge in [0.25, 0.3) is 0 Å². The van der Waals surface area contributed by atoms with Crippen LogP contribution in [0, 0.1) is 5.82 Å². The molecule has 0 saturated carbocycles. The minimum absolute atomic E-state index is 0.356. The van der Waals surface area contributed by atoms with E-state index < -0.39 is 6.10 Å². The van der Waals surface area contributed by atoms with E-state index in [-0.39, 0.29) is 5.82 Å². The third-order valence-corrected chi connectivity index (χ3v) is 3.41. The minimum atomic E-state index is -0.589. The Labute approximate surface area is 102 Å². The summed E-state index contributed by atoms with van der Waals surface area (Å²) in [5.41, 5.74) is 1.62. The number of hydrogen-bond donors (Lipinski definition) is 1. The Balaban J connectivity index is 2.15. The van der Waals surface area contributed by atoms with Crippen molar-refractivity contribution in [3.63, 3.8) is 0 Å². The lowest BCUT2D eigenvalue weighted by molar-refractivity contribution is 0.179. The summed E-state index contributed by atoms with van der Waals surface area (Å²) >= 11 is 7.42. The largest absolute Gasteiger partial charge is 0.388 e. The second kappa shape index (κ2) is 4.95. The van der Waals surface area contributed by atoms with Crippen LogP contribution in [-0.2, 0) is 6.42 Å². The van der Waals surface area contributed by atoms with Crippen LogP contribution >= 0.6 is 22.9 Å². The summed E-state index contributed by atoms with van der Waals surface area (Å²) in [7, 11) is 0. The van der Waals surface area contributed by atoms with Crippen molar-refractivity contribution in [1.29, 1.82) is 0 Å². The number of hydrogen-bond acceptors (Lipinski definition) is 2. The van der Waals surface area contributed by atoms with Gasteiger partial charge in [-0.05, 0) is 40.1 Å². The third kappa shape index (κ3) is 2.61. The van der Waals surface area contributed by atoms with E-state index in [2.05, 4.69) is 0 Å². The van der Waals surface area contributed by atoms with Crippen molar-refractivity contribution in [3.05, 3.63) is 57.0 Å². The first kappa shape index (κ1) is 11.6. The van der Waals surface area contributed by atoms with Crippen LogP contribution in [0.5, 0.6) is 0 Å². The standard InChI is InChI=1S/C12H10ClFOS/c13-11-6-10(14)2-1-8(11)5-12(15)9-3-4-16-7-9/h1-4,6-7,12,15H,5H2. The quantitative estimate of drug-likeness (QED) is 0.885. The summed E-state index contributed by atoms with van der Waals surface area (Å²) in [6.45, 7) is 0. The highest BCUT2D eigenvalue weighted by atomic mass is 35.5. The van der Waals surface area contributed by atoms with Crippen LogP contribution in [0.2, 0.25) is 5.02 Å². The molecule has 0 fully saturated rings. The SMILES string of the molecule is OC(Cc1ccc(F)cc1Cl)c1ccsc1. The Bertz CT molecular complexity index is 470. The molecule has 1 heterocycles. The highest BCUT2D eigenvalue weighted by Crippen LogP contribution is 2.25. The maximum Gasteiger partial charge on any atom is 0.124 e. The first-order valence-corrected chi connectivity index (χ1v) is 6.13. The normalized spacial score (nSPS) is 12.7. The highest BCUT2D eigenvalue weighted by molar-refractivity contribution is 7.07. The van der Waals surface area contributed by atoms with Gasteiger partial charge in [0.15, 0.2) is 0 Å². The predicted molar refractivity (Wildman–Crippen MR) is 64.4 cm³/mol. The fourth-order valence-corrected chi connectivity index (χ4v) is 2.43. The van der Waals surface area contributed by atoms with Crippen molar-refractivity contribution in [2.45, 2.75) is 12.5 Å². The van der Waals surface area contributed by atoms with Gasteiger partial charge in [0.1, 0.15) is 5.82 Å². The van der Waals surface area contributed by atoms with Crippen LogP contribution in [0.1, 0.15) is 17.2 Å². The van der Waals surface area contributed by atoms with Gasteiger partial charge in [-0.2, -0.15) is 11.3 Å². The first-order chi connectivity index (χ1) is 7.66. The molecule has 1 N–H and O–H groups in total. The molecule has 16 heavy (non-hydrogen) atoms. The van der Waals surface area contributed by atoms with E-state index in [9.17, 15) is 9.50 Å². The van der Waals surface area contributed by atoms with E-state index in [4.69, 9.17) is 11.6 Å². The molecule has 0 bridgehead atoms. The monoisotopic (exact) mass is 256 g/mol. The van der Waals surface area contributed by atoms with Crippen LogP contribution < -0.4 is 0 Å². The molecule has 0 radical (unpaired) electrons. The fraction of sp³-hybridized carbons (Fsp3) is 0.167. The molecule has 4 heteroatoms. The van der Waals surface area contributed by atoms with Gasteiger partial charge in [-0.25, -0.2) is 4.39 Å². The van der Waals surface area contributed by atoms with Crippen molar-refractivity contribution in [3.8, 4) is 0 Å². The molecule has 0 spiro atoms. The predicted octanol–water partition coefficient (Wildman–Crippen LogP) is 3.82. The summed E-state index contributed by atoms with van der Waals surface area (Å²) in [4.78, 5) is 0. The summed E-state index contributed by atoms with van der Waals surface area (Å²) in [6, 6.07) is 6.08. The number of aliphatic hydroxyl groups excluding tert-OH is 1. The molecule has 1 aromatic heterocycles. The number of halogens is 2. The molecule has 0 amide bonds. The Hall–Kier alpha value is -0.900. The van der Waals surface area contributed by atoms with E-state index >= 15 is 0 Å². The van der Waals surface area contributed by atoms with Gasteiger partial charge in [0.05, 0.1) is 6.10 Å². The summed E-state index contributed by atoms with van der Waals surface area (Å²) < 4.78 is 12.8.